The first-order valence-electron chi connectivity index (χ1n) is 10.9. The highest BCUT2D eigenvalue weighted by molar-refractivity contribution is 5.93. The van der Waals surface area contributed by atoms with Crippen LogP contribution in [0.25, 0.3) is 0 Å². The number of piperazine rings is 1. The maximum Gasteiger partial charge on any atom is 0.298 e. The molecule has 148 valence electrons. The molecule has 2 heterocycles. The Kier molecular flexibility index (Phi) is 5.45. The lowest BCUT2D eigenvalue weighted by Gasteiger charge is -2.41. The predicted molar refractivity (Wildman–Crippen MR) is 105 cm³/mol. The Morgan fingerprint density at radius 1 is 0.889 bits per heavy atom. The fourth-order valence-electron chi connectivity index (χ4n) is 5.56. The second kappa shape index (κ2) is 7.83. The van der Waals surface area contributed by atoms with E-state index in [4.69, 9.17) is 0 Å². The summed E-state index contributed by atoms with van der Waals surface area (Å²) in [6.45, 7) is 7.12. The largest absolute Gasteiger partial charge is 0.340 e. The summed E-state index contributed by atoms with van der Waals surface area (Å²) < 4.78 is 0. The van der Waals surface area contributed by atoms with Crippen molar-refractivity contribution in [1.29, 1.82) is 0 Å². The number of hydrogen-bond acceptors (Lipinski definition) is 3. The molecule has 4 rings (SSSR count). The topological polar surface area (TPSA) is 43.9 Å². The molecule has 27 heavy (non-hydrogen) atoms. The van der Waals surface area contributed by atoms with Crippen LogP contribution >= 0.6 is 0 Å². The number of carbonyl (C=O) groups is 2. The van der Waals surface area contributed by atoms with E-state index in [1.807, 2.05) is 4.90 Å². The van der Waals surface area contributed by atoms with Gasteiger partial charge < -0.3 is 9.80 Å². The molecule has 5 nitrogen and oxygen atoms in total. The molecule has 2 amide bonds. The van der Waals surface area contributed by atoms with Crippen LogP contribution in [0.15, 0.2) is 0 Å². The summed E-state index contributed by atoms with van der Waals surface area (Å²) in [6.07, 6.45) is 9.78. The van der Waals surface area contributed by atoms with Crippen LogP contribution in [0.2, 0.25) is 0 Å². The van der Waals surface area contributed by atoms with E-state index in [1.54, 1.807) is 6.92 Å². The fourth-order valence-corrected chi connectivity index (χ4v) is 5.56. The average Bonchev–Trinajstić information content (AvgIpc) is 3.42. The molecule has 1 atom stereocenters. The van der Waals surface area contributed by atoms with Crippen molar-refractivity contribution < 1.29 is 9.59 Å². The van der Waals surface area contributed by atoms with Gasteiger partial charge in [0.2, 0.25) is 5.91 Å². The van der Waals surface area contributed by atoms with Gasteiger partial charge >= 0.3 is 0 Å². The number of hydrogen-bond donors (Lipinski definition) is 0. The van der Waals surface area contributed by atoms with Gasteiger partial charge in [-0.2, -0.15) is 0 Å². The van der Waals surface area contributed by atoms with Gasteiger partial charge in [0.05, 0.1) is 0 Å². The van der Waals surface area contributed by atoms with Gasteiger partial charge in [-0.15, -0.1) is 0 Å². The standard InChI is InChI=1S/C22H33N3O2/c1-2-6-20(26)24-11-9-22(10-12-24)17-19(22)21(27)25-15-13-23(14-16-25)18-7-4-3-5-8-18/h18-19H,3-5,7-17H2,1H3/t19-/m1/s1. The molecule has 0 aromatic carbocycles. The summed E-state index contributed by atoms with van der Waals surface area (Å²) in [5.41, 5.74) is 0.175. The Morgan fingerprint density at radius 2 is 1.56 bits per heavy atom. The normalized spacial score (nSPS) is 28.6. The van der Waals surface area contributed by atoms with Crippen molar-refractivity contribution >= 4 is 11.8 Å². The highest BCUT2D eigenvalue weighted by Gasteiger charge is 2.59. The number of amides is 2. The minimum atomic E-state index is -0.0605. The van der Waals surface area contributed by atoms with Crippen molar-refractivity contribution in [2.75, 3.05) is 39.3 Å². The zero-order valence-electron chi connectivity index (χ0n) is 16.7. The molecular formula is C22H33N3O2. The third-order valence-corrected chi connectivity index (χ3v) is 7.48. The van der Waals surface area contributed by atoms with Gasteiger partial charge in [0.15, 0.2) is 0 Å². The molecule has 0 aromatic heterocycles. The SMILES string of the molecule is CC#CC(=O)N1CCC2(CC1)C[C@@H]2C(=O)N1CCN(C2CCCCC2)CC1. The molecule has 2 aliphatic heterocycles. The van der Waals surface area contributed by atoms with Crippen LogP contribution in [0.5, 0.6) is 0 Å². The van der Waals surface area contributed by atoms with E-state index in [9.17, 15) is 9.59 Å². The van der Waals surface area contributed by atoms with E-state index in [0.29, 0.717) is 5.91 Å². The minimum Gasteiger partial charge on any atom is -0.340 e. The Labute approximate surface area is 163 Å². The molecule has 0 aromatic rings. The lowest BCUT2D eigenvalue weighted by molar-refractivity contribution is -0.136. The van der Waals surface area contributed by atoms with Crippen molar-refractivity contribution in [2.45, 2.75) is 64.3 Å². The van der Waals surface area contributed by atoms with Crippen LogP contribution in [0, 0.1) is 23.2 Å². The second-order valence-corrected chi connectivity index (χ2v) is 8.94. The van der Waals surface area contributed by atoms with E-state index in [0.717, 1.165) is 64.6 Å². The zero-order valence-corrected chi connectivity index (χ0v) is 16.7. The smallest absolute Gasteiger partial charge is 0.298 e. The first kappa shape index (κ1) is 18.8. The van der Waals surface area contributed by atoms with Crippen molar-refractivity contribution in [3.05, 3.63) is 0 Å². The molecule has 5 heteroatoms. The van der Waals surface area contributed by atoms with E-state index in [-0.39, 0.29) is 17.2 Å². The minimum absolute atomic E-state index is 0.0605. The lowest BCUT2D eigenvalue weighted by Crippen LogP contribution is -2.53. The summed E-state index contributed by atoms with van der Waals surface area (Å²) in [5, 5.41) is 0. The van der Waals surface area contributed by atoms with Gasteiger partial charge in [-0.05, 0) is 50.4 Å². The van der Waals surface area contributed by atoms with Gasteiger partial charge in [0, 0.05) is 51.2 Å². The molecule has 1 spiro atoms. The maximum atomic E-state index is 13.0. The highest BCUT2D eigenvalue weighted by atomic mass is 16.2. The van der Waals surface area contributed by atoms with Gasteiger partial charge in [0.25, 0.3) is 5.91 Å². The van der Waals surface area contributed by atoms with Crippen LogP contribution in [0.3, 0.4) is 0 Å². The van der Waals surface area contributed by atoms with Crippen molar-refractivity contribution in [2.24, 2.45) is 11.3 Å². The Balaban J connectivity index is 1.25. The van der Waals surface area contributed by atoms with E-state index < -0.39 is 0 Å². The average molecular weight is 372 g/mol. The summed E-state index contributed by atoms with van der Waals surface area (Å²) in [6, 6.07) is 0.761. The van der Waals surface area contributed by atoms with Crippen LogP contribution in [0.4, 0.5) is 0 Å². The van der Waals surface area contributed by atoms with Crippen LogP contribution in [-0.4, -0.2) is 71.8 Å². The Morgan fingerprint density at radius 3 is 2.19 bits per heavy atom. The first-order valence-corrected chi connectivity index (χ1v) is 10.9. The molecular weight excluding hydrogens is 338 g/mol. The molecule has 4 fully saturated rings. The third-order valence-electron chi connectivity index (χ3n) is 7.48. The zero-order chi connectivity index (χ0) is 18.9. The molecule has 0 N–H and O–H groups in total. The molecule has 0 bridgehead atoms. The molecule has 2 aliphatic carbocycles. The summed E-state index contributed by atoms with van der Waals surface area (Å²) in [5.74, 6) is 5.85. The quantitative estimate of drug-likeness (QED) is 0.699. The predicted octanol–water partition coefficient (Wildman–Crippen LogP) is 2.12. The van der Waals surface area contributed by atoms with Crippen molar-refractivity contribution in [3.63, 3.8) is 0 Å². The lowest BCUT2D eigenvalue weighted by atomic mass is 9.90. The number of piperidine rings is 1. The molecule has 2 saturated carbocycles. The van der Waals surface area contributed by atoms with Gasteiger partial charge in [-0.1, -0.05) is 25.2 Å². The third kappa shape index (κ3) is 3.87. The number of nitrogens with zero attached hydrogens (tertiary/aromatic N) is 3. The highest BCUT2D eigenvalue weighted by Crippen LogP contribution is 2.60. The maximum absolute atomic E-state index is 13.0. The van der Waals surface area contributed by atoms with Crippen LogP contribution < -0.4 is 0 Å². The number of rotatable bonds is 2. The molecule has 0 radical (unpaired) electrons. The van der Waals surface area contributed by atoms with Crippen molar-refractivity contribution in [3.8, 4) is 11.8 Å². The summed E-state index contributed by atoms with van der Waals surface area (Å²) >= 11 is 0. The number of likely N-dealkylation sites (tertiary alicyclic amines) is 1. The number of carbonyl (C=O) groups excluding carboxylic acids is 2. The van der Waals surface area contributed by atoms with E-state index >= 15 is 0 Å². The van der Waals surface area contributed by atoms with Crippen LogP contribution in [-0.2, 0) is 9.59 Å². The van der Waals surface area contributed by atoms with E-state index in [2.05, 4.69) is 21.6 Å². The molecule has 0 unspecified atom stereocenters. The fraction of sp³-hybridized carbons (Fsp3) is 0.818. The van der Waals surface area contributed by atoms with Gasteiger partial charge in [0.1, 0.15) is 0 Å². The van der Waals surface area contributed by atoms with E-state index in [1.165, 1.54) is 32.1 Å². The van der Waals surface area contributed by atoms with Crippen molar-refractivity contribution in [1.82, 2.24) is 14.7 Å². The molecule has 2 saturated heterocycles. The summed E-state index contributed by atoms with van der Waals surface area (Å²) in [4.78, 5) is 31.6. The van der Waals surface area contributed by atoms with Gasteiger partial charge in [-0.25, -0.2) is 0 Å². The molecule has 4 aliphatic rings. The first-order chi connectivity index (χ1) is 13.1. The summed E-state index contributed by atoms with van der Waals surface area (Å²) in [7, 11) is 0. The monoisotopic (exact) mass is 371 g/mol. The second-order valence-electron chi connectivity index (χ2n) is 8.94. The van der Waals surface area contributed by atoms with Crippen LogP contribution in [0.1, 0.15) is 58.3 Å². The van der Waals surface area contributed by atoms with Gasteiger partial charge in [-0.3, -0.25) is 14.5 Å². The Bertz CT molecular complexity index is 628. The Hall–Kier alpha value is -1.54.